The third-order valence-corrected chi connectivity index (χ3v) is 3.53. The van der Waals surface area contributed by atoms with Gasteiger partial charge in [-0.05, 0) is 37.5 Å². The first kappa shape index (κ1) is 18.5. The molecular weight excluding hydrogens is 318 g/mol. The van der Waals surface area contributed by atoms with Crippen molar-refractivity contribution in [2.24, 2.45) is 5.92 Å². The molecule has 2 rings (SSSR count). The number of rotatable bonds is 8. The summed E-state index contributed by atoms with van der Waals surface area (Å²) in [5.41, 5.74) is 7.76. The second kappa shape index (κ2) is 8.86. The molecule has 0 aliphatic rings. The van der Waals surface area contributed by atoms with Crippen LogP contribution in [0.15, 0.2) is 30.6 Å². The Balaban J connectivity index is 2.12. The van der Waals surface area contributed by atoms with E-state index in [-0.39, 0.29) is 5.97 Å². The zero-order chi connectivity index (χ0) is 18.2. The number of anilines is 4. The summed E-state index contributed by atoms with van der Waals surface area (Å²) in [6, 6.07) is 7.00. The molecule has 0 amide bonds. The van der Waals surface area contributed by atoms with E-state index >= 15 is 0 Å². The van der Waals surface area contributed by atoms with Gasteiger partial charge in [0.25, 0.3) is 0 Å². The van der Waals surface area contributed by atoms with Crippen LogP contribution in [0.2, 0.25) is 0 Å². The van der Waals surface area contributed by atoms with E-state index in [1.807, 2.05) is 6.07 Å². The van der Waals surface area contributed by atoms with Gasteiger partial charge in [-0.3, -0.25) is 0 Å². The molecule has 0 spiro atoms. The number of nitrogens with two attached hydrogens (primary N) is 1. The van der Waals surface area contributed by atoms with Gasteiger partial charge >= 0.3 is 5.97 Å². The second-order valence-corrected chi connectivity index (χ2v) is 6.02. The van der Waals surface area contributed by atoms with Crippen LogP contribution in [-0.4, -0.2) is 29.1 Å². The topological polar surface area (TPSA) is 102 Å². The van der Waals surface area contributed by atoms with E-state index in [1.165, 1.54) is 6.33 Å². The summed E-state index contributed by atoms with van der Waals surface area (Å²) < 4.78 is 5.01. The predicted octanol–water partition coefficient (Wildman–Crippen LogP) is 3.44. The maximum absolute atomic E-state index is 11.8. The molecule has 0 saturated carbocycles. The number of nitrogens with one attached hydrogen (secondary N) is 2. The number of aromatic nitrogens is 2. The van der Waals surface area contributed by atoms with Crippen LogP contribution in [0.4, 0.5) is 23.0 Å². The highest BCUT2D eigenvalue weighted by atomic mass is 16.5. The van der Waals surface area contributed by atoms with Crippen LogP contribution in [-0.2, 0) is 4.74 Å². The number of esters is 1. The maximum atomic E-state index is 11.8. The average molecular weight is 343 g/mol. The highest BCUT2D eigenvalue weighted by Crippen LogP contribution is 2.26. The lowest BCUT2D eigenvalue weighted by Gasteiger charge is -2.13. The van der Waals surface area contributed by atoms with E-state index in [4.69, 9.17) is 10.5 Å². The summed E-state index contributed by atoms with van der Waals surface area (Å²) in [6.45, 7) is 7.22. The van der Waals surface area contributed by atoms with Crippen LogP contribution in [0, 0.1) is 5.92 Å². The molecule has 1 aromatic carbocycles. The van der Waals surface area contributed by atoms with E-state index in [9.17, 15) is 4.79 Å². The molecule has 134 valence electrons. The summed E-state index contributed by atoms with van der Waals surface area (Å²) in [7, 11) is 0. The Bertz CT molecular complexity index is 718. The van der Waals surface area contributed by atoms with E-state index < -0.39 is 0 Å². The molecule has 1 aromatic heterocycles. The Morgan fingerprint density at radius 3 is 2.76 bits per heavy atom. The summed E-state index contributed by atoms with van der Waals surface area (Å²) in [4.78, 5) is 20.2. The Morgan fingerprint density at radius 1 is 1.28 bits per heavy atom. The minimum atomic E-state index is -0.363. The molecule has 25 heavy (non-hydrogen) atoms. The molecule has 0 aliphatic carbocycles. The average Bonchev–Trinajstić information content (AvgIpc) is 2.58. The first-order chi connectivity index (χ1) is 12.0. The van der Waals surface area contributed by atoms with Crippen molar-refractivity contribution in [3.8, 4) is 0 Å². The molecule has 0 bridgehead atoms. The normalized spacial score (nSPS) is 10.6. The number of carbonyl (C=O) groups is 1. The molecule has 4 N–H and O–H groups in total. The van der Waals surface area contributed by atoms with Crippen molar-refractivity contribution < 1.29 is 9.53 Å². The number of carbonyl (C=O) groups excluding carboxylic acids is 1. The number of hydrogen-bond acceptors (Lipinski definition) is 7. The smallest absolute Gasteiger partial charge is 0.338 e. The van der Waals surface area contributed by atoms with Crippen molar-refractivity contribution in [3.63, 3.8) is 0 Å². The molecule has 0 radical (unpaired) electrons. The van der Waals surface area contributed by atoms with Crippen LogP contribution in [0.25, 0.3) is 0 Å². The Labute approximate surface area is 148 Å². The molecule has 1 heterocycles. The molecule has 7 heteroatoms. The highest BCUT2D eigenvalue weighted by molar-refractivity contribution is 5.91. The van der Waals surface area contributed by atoms with Crippen LogP contribution in [0.3, 0.4) is 0 Å². The van der Waals surface area contributed by atoms with Gasteiger partial charge in [-0.2, -0.15) is 0 Å². The summed E-state index contributed by atoms with van der Waals surface area (Å²) >= 11 is 0. The maximum Gasteiger partial charge on any atom is 0.338 e. The lowest BCUT2D eigenvalue weighted by Crippen LogP contribution is -2.10. The fourth-order valence-corrected chi connectivity index (χ4v) is 2.19. The Kier molecular flexibility index (Phi) is 6.56. The Hall–Kier alpha value is -2.83. The van der Waals surface area contributed by atoms with E-state index in [0.717, 1.165) is 13.0 Å². The van der Waals surface area contributed by atoms with Gasteiger partial charge in [-0.15, -0.1) is 0 Å². The van der Waals surface area contributed by atoms with Crippen LogP contribution >= 0.6 is 0 Å². The largest absolute Gasteiger partial charge is 0.462 e. The van der Waals surface area contributed by atoms with E-state index in [2.05, 4.69) is 34.4 Å². The number of ether oxygens (including phenoxy) is 1. The molecule has 0 atom stereocenters. The Morgan fingerprint density at radius 2 is 2.04 bits per heavy atom. The van der Waals surface area contributed by atoms with Gasteiger partial charge in [0.2, 0.25) is 0 Å². The van der Waals surface area contributed by atoms with Crippen molar-refractivity contribution in [1.29, 1.82) is 0 Å². The summed E-state index contributed by atoms with van der Waals surface area (Å²) in [6.07, 6.45) is 2.47. The molecule has 0 aliphatic heterocycles. The van der Waals surface area contributed by atoms with Gasteiger partial charge in [0, 0.05) is 12.2 Å². The van der Waals surface area contributed by atoms with Gasteiger partial charge in [0.15, 0.2) is 11.6 Å². The molecule has 0 saturated heterocycles. The van der Waals surface area contributed by atoms with Crippen LogP contribution in [0.5, 0.6) is 0 Å². The number of nitrogens with zero attached hydrogens (tertiary/aromatic N) is 2. The van der Waals surface area contributed by atoms with Crippen molar-refractivity contribution in [1.82, 2.24) is 9.97 Å². The van der Waals surface area contributed by atoms with Crippen molar-refractivity contribution in [2.75, 3.05) is 29.5 Å². The zero-order valence-electron chi connectivity index (χ0n) is 14.9. The molecule has 0 unspecified atom stereocenters. The zero-order valence-corrected chi connectivity index (χ0v) is 14.9. The fraction of sp³-hybridized carbons (Fsp3) is 0.389. The van der Waals surface area contributed by atoms with Gasteiger partial charge in [-0.1, -0.05) is 19.9 Å². The molecular formula is C18H25N5O2. The lowest BCUT2D eigenvalue weighted by atomic mass is 10.1. The summed E-state index contributed by atoms with van der Waals surface area (Å²) in [5, 5.41) is 6.35. The van der Waals surface area contributed by atoms with Crippen LogP contribution < -0.4 is 16.4 Å². The van der Waals surface area contributed by atoms with Crippen molar-refractivity contribution >= 4 is 29.0 Å². The molecule has 0 fully saturated rings. The summed E-state index contributed by atoms with van der Waals surface area (Å²) in [5.74, 6) is 1.32. The van der Waals surface area contributed by atoms with Crippen molar-refractivity contribution in [3.05, 3.63) is 36.2 Å². The van der Waals surface area contributed by atoms with Crippen LogP contribution in [0.1, 0.15) is 37.6 Å². The number of nitrogen functional groups attached to an aromatic ring is 1. The van der Waals surface area contributed by atoms with Gasteiger partial charge < -0.3 is 21.1 Å². The van der Waals surface area contributed by atoms with E-state index in [0.29, 0.717) is 41.1 Å². The first-order valence-corrected chi connectivity index (χ1v) is 8.39. The van der Waals surface area contributed by atoms with Gasteiger partial charge in [0.1, 0.15) is 12.0 Å². The van der Waals surface area contributed by atoms with Gasteiger partial charge in [-0.25, -0.2) is 14.8 Å². The minimum absolute atomic E-state index is 0.334. The van der Waals surface area contributed by atoms with Gasteiger partial charge in [0.05, 0.1) is 12.2 Å². The monoisotopic (exact) mass is 343 g/mol. The third kappa shape index (κ3) is 5.34. The standard InChI is InChI=1S/C18H25N5O2/c1-4-25-18(24)13-6-5-7-14(10-13)23-17-15(19)16(21-11-22-17)20-9-8-12(2)3/h5-7,10-12H,4,8-9,19H2,1-3H3,(H2,20,21,22,23). The van der Waals surface area contributed by atoms with E-state index in [1.54, 1.807) is 25.1 Å². The predicted molar refractivity (Wildman–Crippen MR) is 100 cm³/mol. The lowest BCUT2D eigenvalue weighted by molar-refractivity contribution is 0.0526. The SMILES string of the molecule is CCOC(=O)c1cccc(Nc2ncnc(NCCC(C)C)c2N)c1. The second-order valence-electron chi connectivity index (χ2n) is 6.02. The highest BCUT2D eigenvalue weighted by Gasteiger charge is 2.10. The number of hydrogen-bond donors (Lipinski definition) is 3. The molecule has 2 aromatic rings. The number of benzene rings is 1. The van der Waals surface area contributed by atoms with Crippen molar-refractivity contribution in [2.45, 2.75) is 27.2 Å². The quantitative estimate of drug-likeness (QED) is 0.631. The fourth-order valence-electron chi connectivity index (χ4n) is 2.19. The molecule has 7 nitrogen and oxygen atoms in total. The first-order valence-electron chi connectivity index (χ1n) is 8.39. The minimum Gasteiger partial charge on any atom is -0.462 e. The third-order valence-electron chi connectivity index (χ3n) is 3.53.